The van der Waals surface area contributed by atoms with Crippen LogP contribution in [0.25, 0.3) is 11.5 Å². The van der Waals surface area contributed by atoms with Gasteiger partial charge in [-0.3, -0.25) is 9.78 Å². The fourth-order valence-electron chi connectivity index (χ4n) is 3.63. The molecule has 1 saturated heterocycles. The van der Waals surface area contributed by atoms with Crippen LogP contribution in [-0.4, -0.2) is 48.6 Å². The zero-order chi connectivity index (χ0) is 19.2. The average molecular weight is 380 g/mol. The van der Waals surface area contributed by atoms with Crippen molar-refractivity contribution in [3.63, 3.8) is 0 Å². The lowest BCUT2D eigenvalue weighted by atomic mass is 9.93. The first kappa shape index (κ1) is 18.3. The Hall–Kier alpha value is -3.03. The van der Waals surface area contributed by atoms with Crippen LogP contribution in [0.4, 0.5) is 0 Å². The average Bonchev–Trinajstić information content (AvgIpc) is 3.43. The van der Waals surface area contributed by atoms with Crippen LogP contribution in [0.1, 0.15) is 31.5 Å². The van der Waals surface area contributed by atoms with Crippen molar-refractivity contribution in [1.82, 2.24) is 29.6 Å². The first-order valence-electron chi connectivity index (χ1n) is 9.74. The third-order valence-corrected chi connectivity index (χ3v) is 5.19. The van der Waals surface area contributed by atoms with Gasteiger partial charge >= 0.3 is 0 Å². The van der Waals surface area contributed by atoms with Crippen LogP contribution in [0.5, 0.6) is 0 Å². The molecule has 0 aliphatic carbocycles. The van der Waals surface area contributed by atoms with E-state index in [1.54, 1.807) is 24.9 Å². The number of hydrogen-bond donors (Lipinski definition) is 0. The van der Waals surface area contributed by atoms with Crippen LogP contribution in [0.3, 0.4) is 0 Å². The number of amides is 1. The molecule has 0 aromatic carbocycles. The van der Waals surface area contributed by atoms with Crippen molar-refractivity contribution in [1.29, 1.82) is 0 Å². The minimum Gasteiger partial charge on any atom is -0.342 e. The number of aryl methyl sites for hydroxylation is 2. The van der Waals surface area contributed by atoms with Crippen LogP contribution in [0.2, 0.25) is 0 Å². The molecule has 1 fully saturated rings. The Morgan fingerprint density at radius 3 is 2.93 bits per heavy atom. The second-order valence-electron chi connectivity index (χ2n) is 7.19. The summed E-state index contributed by atoms with van der Waals surface area (Å²) in [6, 6.07) is 3.71. The Morgan fingerprint density at radius 2 is 2.11 bits per heavy atom. The van der Waals surface area contributed by atoms with Crippen LogP contribution in [-0.2, 0) is 17.8 Å². The molecule has 1 atom stereocenters. The quantitative estimate of drug-likeness (QED) is 0.626. The molecule has 1 aliphatic rings. The largest absolute Gasteiger partial charge is 0.342 e. The van der Waals surface area contributed by atoms with Gasteiger partial charge in [0, 0.05) is 62.8 Å². The minimum atomic E-state index is 0.220. The van der Waals surface area contributed by atoms with Crippen molar-refractivity contribution in [3.8, 4) is 11.5 Å². The zero-order valence-corrected chi connectivity index (χ0v) is 15.8. The molecule has 0 spiro atoms. The summed E-state index contributed by atoms with van der Waals surface area (Å²) in [7, 11) is 0. The van der Waals surface area contributed by atoms with E-state index in [2.05, 4.69) is 20.1 Å². The molecule has 3 aromatic heterocycles. The Morgan fingerprint density at radius 1 is 1.21 bits per heavy atom. The van der Waals surface area contributed by atoms with Crippen LogP contribution in [0, 0.1) is 5.92 Å². The summed E-state index contributed by atoms with van der Waals surface area (Å²) in [6.07, 6.45) is 13.2. The lowest BCUT2D eigenvalue weighted by Gasteiger charge is -2.32. The van der Waals surface area contributed by atoms with Crippen LogP contribution >= 0.6 is 0 Å². The molecule has 4 rings (SSSR count). The van der Waals surface area contributed by atoms with Gasteiger partial charge < -0.3 is 14.0 Å². The summed E-state index contributed by atoms with van der Waals surface area (Å²) in [5.41, 5.74) is 0.876. The van der Waals surface area contributed by atoms with Crippen molar-refractivity contribution in [2.45, 2.75) is 38.6 Å². The SMILES string of the molecule is O=C(CCn1ccnc1)N1CCCC(CCc2noc(-c3ccncc3)n2)C1. The molecule has 0 N–H and O–H groups in total. The molecule has 1 unspecified atom stereocenters. The molecule has 8 heteroatoms. The standard InChI is InChI=1S/C20H24N6O2/c27-19(7-12-25-13-10-22-15-25)26-11-1-2-16(14-26)3-4-18-23-20(28-24-18)17-5-8-21-9-6-17/h5-6,8-10,13,15-16H,1-4,7,11-12,14H2. The van der Waals surface area contributed by atoms with Gasteiger partial charge in [-0.2, -0.15) is 4.98 Å². The normalized spacial score (nSPS) is 17.0. The van der Waals surface area contributed by atoms with Crippen LogP contribution in [0.15, 0.2) is 47.8 Å². The fourth-order valence-corrected chi connectivity index (χ4v) is 3.63. The van der Waals surface area contributed by atoms with Gasteiger partial charge in [0.05, 0.1) is 6.33 Å². The second-order valence-corrected chi connectivity index (χ2v) is 7.19. The predicted molar refractivity (Wildman–Crippen MR) is 102 cm³/mol. The highest BCUT2D eigenvalue weighted by Gasteiger charge is 2.24. The van der Waals surface area contributed by atoms with Gasteiger partial charge in [-0.05, 0) is 37.3 Å². The molecular weight excluding hydrogens is 356 g/mol. The van der Waals surface area contributed by atoms with Gasteiger partial charge in [-0.25, -0.2) is 4.98 Å². The van der Waals surface area contributed by atoms with E-state index in [1.165, 1.54) is 0 Å². The lowest BCUT2D eigenvalue weighted by Crippen LogP contribution is -2.40. The number of likely N-dealkylation sites (tertiary alicyclic amines) is 1. The summed E-state index contributed by atoms with van der Waals surface area (Å²) < 4.78 is 7.30. The summed E-state index contributed by atoms with van der Waals surface area (Å²) >= 11 is 0. The van der Waals surface area contributed by atoms with Gasteiger partial charge in [0.25, 0.3) is 5.89 Å². The zero-order valence-electron chi connectivity index (χ0n) is 15.8. The summed E-state index contributed by atoms with van der Waals surface area (Å²) in [6.45, 7) is 2.35. The maximum Gasteiger partial charge on any atom is 0.258 e. The molecule has 4 heterocycles. The molecule has 8 nitrogen and oxygen atoms in total. The second kappa shape index (κ2) is 8.77. The molecule has 0 radical (unpaired) electrons. The molecular formula is C20H24N6O2. The number of imidazole rings is 1. The number of nitrogens with zero attached hydrogens (tertiary/aromatic N) is 6. The highest BCUT2D eigenvalue weighted by molar-refractivity contribution is 5.76. The predicted octanol–water partition coefficient (Wildman–Crippen LogP) is 2.59. The van der Waals surface area contributed by atoms with E-state index in [0.717, 1.165) is 50.2 Å². The monoisotopic (exact) mass is 380 g/mol. The Balaban J connectivity index is 1.26. The molecule has 1 aliphatic heterocycles. The van der Waals surface area contributed by atoms with Gasteiger partial charge in [0.1, 0.15) is 0 Å². The molecule has 0 saturated carbocycles. The molecule has 1 amide bonds. The minimum absolute atomic E-state index is 0.220. The number of rotatable bonds is 7. The molecule has 146 valence electrons. The molecule has 3 aromatic rings. The van der Waals surface area contributed by atoms with E-state index in [1.807, 2.05) is 27.8 Å². The van der Waals surface area contributed by atoms with Crippen molar-refractivity contribution < 1.29 is 9.32 Å². The van der Waals surface area contributed by atoms with Crippen LogP contribution < -0.4 is 0 Å². The van der Waals surface area contributed by atoms with E-state index in [4.69, 9.17) is 4.52 Å². The Kier molecular flexibility index (Phi) is 5.75. The van der Waals surface area contributed by atoms with Crippen molar-refractivity contribution in [2.24, 2.45) is 5.92 Å². The number of pyridine rings is 1. The maximum atomic E-state index is 12.5. The third-order valence-electron chi connectivity index (χ3n) is 5.19. The summed E-state index contributed by atoms with van der Waals surface area (Å²) in [5, 5.41) is 4.09. The Labute approximate surface area is 163 Å². The van der Waals surface area contributed by atoms with E-state index in [-0.39, 0.29) is 5.91 Å². The number of hydrogen-bond acceptors (Lipinski definition) is 6. The summed E-state index contributed by atoms with van der Waals surface area (Å²) in [5.74, 6) is 1.94. The van der Waals surface area contributed by atoms with Crippen molar-refractivity contribution in [2.75, 3.05) is 13.1 Å². The van der Waals surface area contributed by atoms with Gasteiger partial charge in [0.15, 0.2) is 5.82 Å². The van der Waals surface area contributed by atoms with Crippen molar-refractivity contribution >= 4 is 5.91 Å². The smallest absolute Gasteiger partial charge is 0.258 e. The van der Waals surface area contributed by atoms with E-state index >= 15 is 0 Å². The number of aromatic nitrogens is 5. The topological polar surface area (TPSA) is 89.9 Å². The number of carbonyl (C=O) groups is 1. The fraction of sp³-hybridized carbons (Fsp3) is 0.450. The van der Waals surface area contributed by atoms with E-state index in [9.17, 15) is 4.79 Å². The van der Waals surface area contributed by atoms with Gasteiger partial charge in [-0.15, -0.1) is 0 Å². The first-order chi connectivity index (χ1) is 13.8. The molecule has 28 heavy (non-hydrogen) atoms. The highest BCUT2D eigenvalue weighted by atomic mass is 16.5. The van der Waals surface area contributed by atoms with E-state index < -0.39 is 0 Å². The number of piperidine rings is 1. The third kappa shape index (κ3) is 4.62. The Bertz CT molecular complexity index is 877. The molecule has 0 bridgehead atoms. The highest BCUT2D eigenvalue weighted by Crippen LogP contribution is 2.23. The number of carbonyl (C=O) groups excluding carboxylic acids is 1. The van der Waals surface area contributed by atoms with E-state index in [0.29, 0.717) is 24.8 Å². The van der Waals surface area contributed by atoms with Gasteiger partial charge in [-0.1, -0.05) is 5.16 Å². The van der Waals surface area contributed by atoms with Crippen molar-refractivity contribution in [3.05, 3.63) is 49.1 Å². The first-order valence-corrected chi connectivity index (χ1v) is 9.74. The summed E-state index contributed by atoms with van der Waals surface area (Å²) in [4.78, 5) is 27.0. The van der Waals surface area contributed by atoms with Gasteiger partial charge in [0.2, 0.25) is 5.91 Å². The lowest BCUT2D eigenvalue weighted by molar-refractivity contribution is -0.133. The maximum absolute atomic E-state index is 12.5.